The smallest absolute Gasteiger partial charge is 0.258 e. The van der Waals surface area contributed by atoms with E-state index in [-0.39, 0.29) is 22.8 Å². The fraction of sp³-hybridized carbons (Fsp3) is 0. The van der Waals surface area contributed by atoms with Crippen LogP contribution in [0, 0.1) is 26.0 Å². The summed E-state index contributed by atoms with van der Waals surface area (Å²) in [6.07, 6.45) is 3.02. The summed E-state index contributed by atoms with van der Waals surface area (Å²) in [5.41, 5.74) is 0.183. The summed E-state index contributed by atoms with van der Waals surface area (Å²) in [5.74, 6) is -0.381. The molecule has 0 amide bonds. The fourth-order valence-corrected chi connectivity index (χ4v) is 1.70. The van der Waals surface area contributed by atoms with E-state index in [1.165, 1.54) is 42.5 Å². The van der Waals surface area contributed by atoms with Crippen LogP contribution in [0.4, 0.5) is 15.8 Å². The molecule has 2 aromatic rings. The van der Waals surface area contributed by atoms with E-state index in [4.69, 9.17) is 0 Å². The first-order valence-electron chi connectivity index (χ1n) is 5.84. The highest BCUT2D eigenvalue weighted by atomic mass is 19.1. The molecule has 0 aliphatic rings. The molecule has 0 aliphatic carbocycles. The Labute approximate surface area is 118 Å². The van der Waals surface area contributed by atoms with Crippen LogP contribution in [0.3, 0.4) is 0 Å². The van der Waals surface area contributed by atoms with Crippen molar-refractivity contribution in [3.05, 3.63) is 79.6 Å². The van der Waals surface area contributed by atoms with Gasteiger partial charge in [-0.05, 0) is 29.8 Å². The summed E-state index contributed by atoms with van der Waals surface area (Å²) >= 11 is 0. The van der Waals surface area contributed by atoms with Crippen LogP contribution in [0.25, 0.3) is 12.2 Å². The Morgan fingerprint density at radius 2 is 1.57 bits per heavy atom. The Hall–Kier alpha value is -3.09. The molecule has 0 aromatic heterocycles. The average Bonchev–Trinajstić information content (AvgIpc) is 2.46. The number of nitro groups is 2. The van der Waals surface area contributed by atoms with Gasteiger partial charge in [-0.1, -0.05) is 18.2 Å². The maximum Gasteiger partial charge on any atom is 0.283 e. The lowest BCUT2D eigenvalue weighted by Gasteiger charge is -1.98. The highest BCUT2D eigenvalue weighted by molar-refractivity contribution is 5.75. The fourth-order valence-electron chi connectivity index (χ4n) is 1.70. The summed E-state index contributed by atoms with van der Waals surface area (Å²) in [4.78, 5) is 20.2. The second kappa shape index (κ2) is 5.91. The normalized spacial score (nSPS) is 10.7. The maximum atomic E-state index is 12.8. The minimum Gasteiger partial charge on any atom is -0.258 e. The molecule has 0 fully saturated rings. The van der Waals surface area contributed by atoms with E-state index in [1.54, 1.807) is 6.08 Å². The van der Waals surface area contributed by atoms with E-state index in [0.29, 0.717) is 5.56 Å². The molecule has 0 radical (unpaired) electrons. The number of non-ortho nitro benzene ring substituents is 1. The molecule has 0 heterocycles. The minimum atomic E-state index is -0.694. The van der Waals surface area contributed by atoms with Gasteiger partial charge in [0.25, 0.3) is 11.4 Å². The molecule has 106 valence electrons. The van der Waals surface area contributed by atoms with Gasteiger partial charge in [0.1, 0.15) is 5.82 Å². The van der Waals surface area contributed by atoms with E-state index in [1.807, 2.05) is 0 Å². The zero-order chi connectivity index (χ0) is 15.4. The van der Waals surface area contributed by atoms with Crippen molar-refractivity contribution in [2.75, 3.05) is 0 Å². The summed E-state index contributed by atoms with van der Waals surface area (Å²) in [7, 11) is 0. The van der Waals surface area contributed by atoms with Crippen LogP contribution in [0.2, 0.25) is 0 Å². The van der Waals surface area contributed by atoms with Gasteiger partial charge in [0.15, 0.2) is 0 Å². The van der Waals surface area contributed by atoms with E-state index in [0.717, 1.165) is 6.07 Å². The molecule has 2 rings (SSSR count). The number of halogens is 1. The molecular formula is C14H9FN2O4. The third-order valence-corrected chi connectivity index (χ3v) is 2.75. The van der Waals surface area contributed by atoms with Gasteiger partial charge < -0.3 is 0 Å². The maximum absolute atomic E-state index is 12.8. The van der Waals surface area contributed by atoms with Crippen molar-refractivity contribution in [2.45, 2.75) is 0 Å². The van der Waals surface area contributed by atoms with Crippen molar-refractivity contribution in [2.24, 2.45) is 0 Å². The largest absolute Gasteiger partial charge is 0.283 e. The highest BCUT2D eigenvalue weighted by Gasteiger charge is 2.17. The zero-order valence-electron chi connectivity index (χ0n) is 10.6. The minimum absolute atomic E-state index is 0.231. The standard InChI is InChI=1S/C14H9FN2O4/c15-12-6-2-10(3-7-12)1-4-11-5-8-13(16(18)19)9-14(11)17(20)21/h1-9H/b4-1+. The quantitative estimate of drug-likeness (QED) is 0.486. The predicted molar refractivity (Wildman–Crippen MR) is 75.1 cm³/mol. The van der Waals surface area contributed by atoms with Crippen LogP contribution in [0.5, 0.6) is 0 Å². The van der Waals surface area contributed by atoms with Gasteiger partial charge in [-0.25, -0.2) is 4.39 Å². The molecule has 0 aliphatic heterocycles. The summed E-state index contributed by atoms with van der Waals surface area (Å²) in [5, 5.41) is 21.6. The first-order valence-corrected chi connectivity index (χ1v) is 5.84. The molecule has 0 bridgehead atoms. The van der Waals surface area contributed by atoms with Crippen LogP contribution >= 0.6 is 0 Å². The summed E-state index contributed by atoms with van der Waals surface area (Å²) in [6, 6.07) is 8.97. The molecule has 7 heteroatoms. The van der Waals surface area contributed by atoms with Gasteiger partial charge in [-0.3, -0.25) is 20.2 Å². The molecule has 0 N–H and O–H groups in total. The molecule has 2 aromatic carbocycles. The van der Waals surface area contributed by atoms with Crippen LogP contribution < -0.4 is 0 Å². The van der Waals surface area contributed by atoms with Crippen molar-refractivity contribution in [1.82, 2.24) is 0 Å². The summed E-state index contributed by atoms with van der Waals surface area (Å²) < 4.78 is 12.8. The van der Waals surface area contributed by atoms with Gasteiger partial charge in [0.2, 0.25) is 0 Å². The topological polar surface area (TPSA) is 86.3 Å². The number of hydrogen-bond donors (Lipinski definition) is 0. The van der Waals surface area contributed by atoms with E-state index < -0.39 is 9.85 Å². The van der Waals surface area contributed by atoms with Crippen LogP contribution in [0.1, 0.15) is 11.1 Å². The Kier molecular flexibility index (Phi) is 4.03. The van der Waals surface area contributed by atoms with E-state index in [9.17, 15) is 24.6 Å². The number of benzene rings is 2. The van der Waals surface area contributed by atoms with Gasteiger partial charge >= 0.3 is 0 Å². The lowest BCUT2D eigenvalue weighted by atomic mass is 10.1. The molecule has 0 atom stereocenters. The van der Waals surface area contributed by atoms with Crippen LogP contribution in [0.15, 0.2) is 42.5 Å². The Balaban J connectivity index is 2.37. The second-order valence-electron chi connectivity index (χ2n) is 4.14. The number of nitrogens with zero attached hydrogens (tertiary/aromatic N) is 2. The van der Waals surface area contributed by atoms with E-state index >= 15 is 0 Å². The monoisotopic (exact) mass is 288 g/mol. The molecule has 0 saturated heterocycles. The van der Waals surface area contributed by atoms with Crippen molar-refractivity contribution < 1.29 is 14.2 Å². The van der Waals surface area contributed by atoms with E-state index in [2.05, 4.69) is 0 Å². The highest BCUT2D eigenvalue weighted by Crippen LogP contribution is 2.26. The predicted octanol–water partition coefficient (Wildman–Crippen LogP) is 3.81. The first-order chi connectivity index (χ1) is 9.97. The molecule has 0 saturated carbocycles. The van der Waals surface area contributed by atoms with Crippen molar-refractivity contribution >= 4 is 23.5 Å². The lowest BCUT2D eigenvalue weighted by molar-refractivity contribution is -0.394. The Bertz CT molecular complexity index is 726. The average molecular weight is 288 g/mol. The van der Waals surface area contributed by atoms with Gasteiger partial charge in [-0.15, -0.1) is 0 Å². The third-order valence-electron chi connectivity index (χ3n) is 2.75. The Morgan fingerprint density at radius 1 is 0.905 bits per heavy atom. The zero-order valence-corrected chi connectivity index (χ0v) is 10.6. The SMILES string of the molecule is O=[N+]([O-])c1ccc(/C=C/c2ccc(F)cc2)c([N+](=O)[O-])c1. The molecule has 21 heavy (non-hydrogen) atoms. The second-order valence-corrected chi connectivity index (χ2v) is 4.14. The molecule has 0 spiro atoms. The van der Waals surface area contributed by atoms with Crippen LogP contribution in [-0.2, 0) is 0 Å². The number of hydrogen-bond acceptors (Lipinski definition) is 4. The first kappa shape index (κ1) is 14.3. The third kappa shape index (κ3) is 3.47. The van der Waals surface area contributed by atoms with Crippen LogP contribution in [-0.4, -0.2) is 9.85 Å². The van der Waals surface area contributed by atoms with Crippen molar-refractivity contribution in [1.29, 1.82) is 0 Å². The lowest BCUT2D eigenvalue weighted by Crippen LogP contribution is -1.94. The Morgan fingerprint density at radius 3 is 2.14 bits per heavy atom. The van der Waals surface area contributed by atoms with Gasteiger partial charge in [0, 0.05) is 6.07 Å². The number of nitro benzene ring substituents is 2. The number of rotatable bonds is 4. The van der Waals surface area contributed by atoms with Crippen molar-refractivity contribution in [3.63, 3.8) is 0 Å². The molecule has 6 nitrogen and oxygen atoms in total. The van der Waals surface area contributed by atoms with Gasteiger partial charge in [0.05, 0.1) is 21.5 Å². The van der Waals surface area contributed by atoms with Crippen molar-refractivity contribution in [3.8, 4) is 0 Å². The molecular weight excluding hydrogens is 279 g/mol. The molecule has 0 unspecified atom stereocenters. The van der Waals surface area contributed by atoms with Gasteiger partial charge in [-0.2, -0.15) is 0 Å². The summed E-state index contributed by atoms with van der Waals surface area (Å²) in [6.45, 7) is 0.